The molecule has 0 fully saturated rings. The first kappa shape index (κ1) is 26.8. The van der Waals surface area contributed by atoms with E-state index in [1.807, 2.05) is 72.8 Å². The van der Waals surface area contributed by atoms with Gasteiger partial charge in [0.1, 0.15) is 21.7 Å². The minimum atomic E-state index is -4.75. The molecule has 2 aliphatic heterocycles. The fourth-order valence-electron chi connectivity index (χ4n) is 4.87. The number of fused-ring (bicyclic) bond motifs is 2. The molecule has 1 N–H and O–H groups in total. The lowest BCUT2D eigenvalue weighted by Crippen LogP contribution is -2.38. The minimum absolute atomic E-state index is 0.0165. The molecule has 0 saturated carbocycles. The highest BCUT2D eigenvalue weighted by atomic mass is 32.2. The lowest BCUT2D eigenvalue weighted by molar-refractivity contribution is 0.269. The average molecular weight is 592 g/mol. The quantitative estimate of drug-likeness (QED) is 0.303. The second-order valence-corrected chi connectivity index (χ2v) is 12.3. The zero-order chi connectivity index (χ0) is 28.8. The number of rotatable bonds is 7. The van der Waals surface area contributed by atoms with Gasteiger partial charge in [-0.15, -0.1) is 0 Å². The van der Waals surface area contributed by atoms with Crippen LogP contribution in [0.1, 0.15) is 0 Å². The third-order valence-corrected chi connectivity index (χ3v) is 7.82. The molecule has 1 unspecified atom stereocenters. The molecule has 41 heavy (non-hydrogen) atoms. The molecule has 0 aliphatic carbocycles. The third kappa shape index (κ3) is 5.77. The number of ether oxygens (including phenoxy) is 2. The van der Waals surface area contributed by atoms with Crippen molar-refractivity contribution < 1.29 is 35.4 Å². The zero-order valence-corrected chi connectivity index (χ0v) is 23.0. The summed E-state index contributed by atoms with van der Waals surface area (Å²) in [5, 5.41) is 0. The fraction of sp³-hybridized carbons (Fsp3) is 0.103. The van der Waals surface area contributed by atoms with Crippen LogP contribution in [-0.4, -0.2) is 43.9 Å². The molecule has 4 aromatic carbocycles. The average Bonchev–Trinajstić information content (AvgIpc) is 3.44. The predicted octanol–water partition coefficient (Wildman–Crippen LogP) is 4.63. The SMILES string of the molecule is O=S(=O)([O-])CN1c2cc(-c3ccccc3)ccc2OC1C=C1Oc2ccc(-c3ccccc3)cc2N1CS(=O)(=O)O. The first-order chi connectivity index (χ1) is 19.5. The van der Waals surface area contributed by atoms with Crippen molar-refractivity contribution in [3.05, 3.63) is 109 Å². The molecule has 2 aliphatic rings. The van der Waals surface area contributed by atoms with E-state index in [0.717, 1.165) is 22.3 Å². The van der Waals surface area contributed by atoms with Crippen molar-refractivity contribution in [1.29, 1.82) is 0 Å². The molecule has 1 atom stereocenters. The Kier molecular flexibility index (Phi) is 6.70. The summed E-state index contributed by atoms with van der Waals surface area (Å²) in [5.41, 5.74) is 4.07. The van der Waals surface area contributed by atoms with Gasteiger partial charge in [-0.1, -0.05) is 72.8 Å². The Balaban J connectivity index is 1.40. The smallest absolute Gasteiger partial charge is 0.283 e. The van der Waals surface area contributed by atoms with Crippen molar-refractivity contribution in [2.75, 3.05) is 21.6 Å². The molecule has 0 aromatic heterocycles. The van der Waals surface area contributed by atoms with Crippen LogP contribution in [-0.2, 0) is 20.2 Å². The van der Waals surface area contributed by atoms with Crippen LogP contribution in [0.25, 0.3) is 22.3 Å². The maximum atomic E-state index is 12.0. The van der Waals surface area contributed by atoms with E-state index in [4.69, 9.17) is 9.47 Å². The van der Waals surface area contributed by atoms with Gasteiger partial charge in [-0.2, -0.15) is 8.42 Å². The number of anilines is 2. The summed E-state index contributed by atoms with van der Waals surface area (Å²) in [6.45, 7) is 0. The van der Waals surface area contributed by atoms with E-state index in [0.29, 0.717) is 22.9 Å². The van der Waals surface area contributed by atoms with E-state index in [1.165, 1.54) is 15.9 Å². The first-order valence-electron chi connectivity index (χ1n) is 12.4. The summed E-state index contributed by atoms with van der Waals surface area (Å²) in [4.78, 5) is 2.52. The monoisotopic (exact) mass is 591 g/mol. The summed E-state index contributed by atoms with van der Waals surface area (Å²) in [5.74, 6) is -1.10. The summed E-state index contributed by atoms with van der Waals surface area (Å²) < 4.78 is 81.5. The molecule has 0 radical (unpaired) electrons. The molecule has 0 bridgehead atoms. The number of hydrogen-bond donors (Lipinski definition) is 1. The van der Waals surface area contributed by atoms with Gasteiger partial charge in [0.2, 0.25) is 5.88 Å². The Hall–Kier alpha value is -4.36. The van der Waals surface area contributed by atoms with Crippen LogP contribution in [0.4, 0.5) is 11.4 Å². The van der Waals surface area contributed by atoms with E-state index in [-0.39, 0.29) is 5.88 Å². The zero-order valence-electron chi connectivity index (χ0n) is 21.3. The Morgan fingerprint density at radius 3 is 1.85 bits per heavy atom. The van der Waals surface area contributed by atoms with Crippen molar-refractivity contribution in [1.82, 2.24) is 0 Å². The van der Waals surface area contributed by atoms with E-state index in [9.17, 15) is 25.9 Å². The summed E-state index contributed by atoms with van der Waals surface area (Å²) >= 11 is 0. The Labute approximate surface area is 237 Å². The van der Waals surface area contributed by atoms with Gasteiger partial charge < -0.3 is 18.9 Å². The Bertz CT molecular complexity index is 1860. The lowest BCUT2D eigenvalue weighted by atomic mass is 10.0. The second kappa shape index (κ2) is 10.2. The Morgan fingerprint density at radius 2 is 1.29 bits per heavy atom. The Morgan fingerprint density at radius 1 is 0.732 bits per heavy atom. The van der Waals surface area contributed by atoms with Crippen LogP contribution in [0.5, 0.6) is 11.5 Å². The maximum absolute atomic E-state index is 12.0. The highest BCUT2D eigenvalue weighted by Gasteiger charge is 2.36. The molecule has 4 aromatic rings. The van der Waals surface area contributed by atoms with Crippen molar-refractivity contribution in [2.45, 2.75) is 6.23 Å². The standard InChI is InChI=1S/C29H24N2O8S2/c32-40(33,34)18-30-24-15-22(20-7-3-1-4-8-20)11-13-26(24)38-28(30)17-29-31(19-41(35,36)37)25-16-23(12-14-27(25)39-29)21-9-5-2-6-10-21/h1-17,28H,18-19H2,(H,32,33,34)(H,35,36,37)/p-1. The second-order valence-electron chi connectivity index (χ2n) is 9.51. The van der Waals surface area contributed by atoms with Crippen molar-refractivity contribution >= 4 is 31.6 Å². The molecular weight excluding hydrogens is 568 g/mol. The van der Waals surface area contributed by atoms with E-state index in [1.54, 1.807) is 24.3 Å². The molecular formula is C29H23N2O8S2-. The van der Waals surface area contributed by atoms with Crippen LogP contribution in [0, 0.1) is 0 Å². The van der Waals surface area contributed by atoms with Gasteiger partial charge >= 0.3 is 0 Å². The molecule has 210 valence electrons. The third-order valence-electron chi connectivity index (χ3n) is 6.64. The predicted molar refractivity (Wildman–Crippen MR) is 153 cm³/mol. The highest BCUT2D eigenvalue weighted by Crippen LogP contribution is 2.44. The lowest BCUT2D eigenvalue weighted by Gasteiger charge is -2.25. The van der Waals surface area contributed by atoms with Gasteiger partial charge in [0, 0.05) is 6.08 Å². The van der Waals surface area contributed by atoms with Crippen molar-refractivity contribution in [3.63, 3.8) is 0 Å². The van der Waals surface area contributed by atoms with Crippen LogP contribution in [0.2, 0.25) is 0 Å². The molecule has 10 nitrogen and oxygen atoms in total. The van der Waals surface area contributed by atoms with Crippen molar-refractivity contribution in [2.24, 2.45) is 0 Å². The topological polar surface area (TPSA) is 137 Å². The molecule has 2 heterocycles. The largest absolute Gasteiger partial charge is 0.747 e. The summed E-state index contributed by atoms with van der Waals surface area (Å²) in [6.07, 6.45) is 0.238. The van der Waals surface area contributed by atoms with Gasteiger partial charge in [-0.05, 0) is 46.5 Å². The first-order valence-corrected chi connectivity index (χ1v) is 15.6. The van der Waals surface area contributed by atoms with Gasteiger partial charge in [0.25, 0.3) is 10.1 Å². The normalized spacial score (nSPS) is 17.2. The number of benzene rings is 4. The molecule has 12 heteroatoms. The molecule has 0 amide bonds. The fourth-order valence-corrected chi connectivity index (χ4v) is 6.09. The van der Waals surface area contributed by atoms with Crippen LogP contribution in [0.15, 0.2) is 109 Å². The van der Waals surface area contributed by atoms with Gasteiger partial charge in [-0.25, -0.2) is 8.42 Å². The summed E-state index contributed by atoms with van der Waals surface area (Å²) in [6, 6.07) is 29.2. The molecule has 6 rings (SSSR count). The van der Waals surface area contributed by atoms with Crippen molar-refractivity contribution in [3.8, 4) is 33.8 Å². The van der Waals surface area contributed by atoms with E-state index < -0.39 is 38.2 Å². The van der Waals surface area contributed by atoms with Crippen LogP contribution in [0.3, 0.4) is 0 Å². The molecule has 0 saturated heterocycles. The number of hydrogen-bond acceptors (Lipinski definition) is 9. The minimum Gasteiger partial charge on any atom is -0.747 e. The van der Waals surface area contributed by atoms with E-state index >= 15 is 0 Å². The number of nitrogens with zero attached hydrogens (tertiary/aromatic N) is 2. The van der Waals surface area contributed by atoms with Gasteiger partial charge in [0.15, 0.2) is 17.9 Å². The van der Waals surface area contributed by atoms with Crippen LogP contribution < -0.4 is 19.3 Å². The molecule has 0 spiro atoms. The van der Waals surface area contributed by atoms with Crippen LogP contribution >= 0.6 is 0 Å². The van der Waals surface area contributed by atoms with Gasteiger partial charge in [-0.3, -0.25) is 9.45 Å². The summed E-state index contributed by atoms with van der Waals surface area (Å²) in [7, 11) is -9.27. The van der Waals surface area contributed by atoms with Gasteiger partial charge in [0.05, 0.1) is 11.4 Å². The maximum Gasteiger partial charge on any atom is 0.283 e. The highest BCUT2D eigenvalue weighted by molar-refractivity contribution is 7.86. The van der Waals surface area contributed by atoms with E-state index in [2.05, 4.69) is 0 Å².